The van der Waals surface area contributed by atoms with E-state index in [1.54, 1.807) is 5.59 Å². The molecule has 0 heterocycles. The summed E-state index contributed by atoms with van der Waals surface area (Å²) in [4.78, 5) is 14.5. The Hall–Kier alpha value is -0.570. The van der Waals surface area contributed by atoms with E-state index in [1.807, 2.05) is 0 Å². The van der Waals surface area contributed by atoms with Crippen LogP contribution in [0.3, 0.4) is 0 Å². The first-order valence-corrected chi connectivity index (χ1v) is 3.21. The molecule has 0 unspecified atom stereocenters. The fourth-order valence-corrected chi connectivity index (χ4v) is 0.584. The van der Waals surface area contributed by atoms with Crippen LogP contribution in [0.15, 0.2) is 0 Å². The maximum atomic E-state index is 10.2. The number of nitrogens with one attached hydrogen (secondary N) is 1. The first-order valence-electron chi connectivity index (χ1n) is 3.21. The van der Waals surface area contributed by atoms with E-state index in [-0.39, 0.29) is 6.29 Å². The molecule has 0 bridgehead atoms. The molecule has 12 heavy (non-hydrogen) atoms. The van der Waals surface area contributed by atoms with Crippen LogP contribution in [-0.4, -0.2) is 46.5 Å². The van der Waals surface area contributed by atoms with Crippen LogP contribution in [0.1, 0.15) is 0 Å². The lowest BCUT2D eigenvalue weighted by atomic mass is 10.1. The number of nitrogens with two attached hydrogens (primary N) is 1. The van der Waals surface area contributed by atoms with Gasteiger partial charge in [-0.2, -0.15) is 0 Å². The van der Waals surface area contributed by atoms with Crippen LogP contribution < -0.4 is 11.4 Å². The number of carbonyl (C=O) groups excluding carboxylic acids is 1. The van der Waals surface area contributed by atoms with Gasteiger partial charge >= 0.3 is 0 Å². The molecule has 0 rings (SSSR count). The Labute approximate surface area is 68.7 Å². The van der Waals surface area contributed by atoms with Crippen molar-refractivity contribution in [3.05, 3.63) is 0 Å². The van der Waals surface area contributed by atoms with Gasteiger partial charge in [-0.05, 0) is 0 Å². The van der Waals surface area contributed by atoms with Crippen molar-refractivity contribution in [2.45, 2.75) is 18.3 Å². The molecule has 0 radical (unpaired) electrons. The molecular weight excluding hydrogens is 168 g/mol. The minimum absolute atomic E-state index is 0.253. The molecule has 7 nitrogen and oxygen atoms in total. The Morgan fingerprint density at radius 1 is 1.58 bits per heavy atom. The summed E-state index contributed by atoms with van der Waals surface area (Å²) in [6.45, 7) is -0.667. The van der Waals surface area contributed by atoms with Crippen molar-refractivity contribution in [2.75, 3.05) is 6.61 Å². The Morgan fingerprint density at radius 2 is 2.17 bits per heavy atom. The average Bonchev–Trinajstić information content (AvgIpc) is 2.11. The molecule has 0 aliphatic carbocycles. The zero-order valence-corrected chi connectivity index (χ0v) is 6.25. The summed E-state index contributed by atoms with van der Waals surface area (Å²) in [5, 5.41) is 26.3. The molecule has 0 saturated carbocycles. The number of carbonyl (C=O) groups is 1. The van der Waals surface area contributed by atoms with E-state index in [9.17, 15) is 4.79 Å². The van der Waals surface area contributed by atoms with Gasteiger partial charge in [-0.25, -0.2) is 5.84 Å². The maximum absolute atomic E-state index is 10.2. The minimum Gasteiger partial charge on any atom is -0.394 e. The van der Waals surface area contributed by atoms with E-state index >= 15 is 0 Å². The lowest BCUT2D eigenvalue weighted by molar-refractivity contribution is -0.148. The number of hydrogen-bond donors (Lipinski definition) is 5. The molecule has 0 spiro atoms. The molecule has 0 saturated heterocycles. The molecule has 0 amide bonds. The zero-order valence-electron chi connectivity index (χ0n) is 6.25. The van der Waals surface area contributed by atoms with Gasteiger partial charge in [-0.15, -0.1) is 5.59 Å². The van der Waals surface area contributed by atoms with Crippen molar-refractivity contribution in [3.63, 3.8) is 0 Å². The van der Waals surface area contributed by atoms with Crippen LogP contribution in [0, 0.1) is 0 Å². The summed E-state index contributed by atoms with van der Waals surface area (Å²) in [6.07, 6.45) is -4.00. The summed E-state index contributed by atoms with van der Waals surface area (Å²) in [6, 6.07) is 0. The number of aliphatic hydroxyl groups is 3. The standard InChI is InChI=1S/C5H12N2O5/c6-7-12-4(2-9)5(11)3(10)1-8/h2-5,7-8,10-11H,1,6H2/t3-,4-,5-/m1/s1. The van der Waals surface area contributed by atoms with Gasteiger partial charge < -0.3 is 20.1 Å². The molecule has 0 aromatic rings. The fourth-order valence-electron chi connectivity index (χ4n) is 0.584. The highest BCUT2D eigenvalue weighted by molar-refractivity contribution is 5.57. The summed E-state index contributed by atoms with van der Waals surface area (Å²) >= 11 is 0. The average molecular weight is 180 g/mol. The highest BCUT2D eigenvalue weighted by atomic mass is 16.7. The van der Waals surface area contributed by atoms with Crippen molar-refractivity contribution in [2.24, 2.45) is 5.84 Å². The first kappa shape index (κ1) is 11.4. The van der Waals surface area contributed by atoms with Gasteiger partial charge in [-0.1, -0.05) is 0 Å². The van der Waals surface area contributed by atoms with Crippen LogP contribution in [0.25, 0.3) is 0 Å². The van der Waals surface area contributed by atoms with Crippen molar-refractivity contribution in [3.8, 4) is 0 Å². The molecule has 0 aliphatic heterocycles. The fraction of sp³-hybridized carbons (Fsp3) is 0.800. The van der Waals surface area contributed by atoms with Gasteiger partial charge in [0.2, 0.25) is 0 Å². The minimum atomic E-state index is -1.51. The lowest BCUT2D eigenvalue weighted by Crippen LogP contribution is -2.45. The van der Waals surface area contributed by atoms with Crippen LogP contribution in [-0.2, 0) is 9.63 Å². The van der Waals surface area contributed by atoms with Crippen LogP contribution >= 0.6 is 0 Å². The van der Waals surface area contributed by atoms with E-state index in [1.165, 1.54) is 0 Å². The SMILES string of the molecule is NNO[C@H](C=O)[C@H](O)[C@H](O)CO. The van der Waals surface area contributed by atoms with E-state index in [2.05, 4.69) is 4.84 Å². The maximum Gasteiger partial charge on any atom is 0.164 e. The molecule has 0 aromatic carbocycles. The summed E-state index contributed by atoms with van der Waals surface area (Å²) in [7, 11) is 0. The largest absolute Gasteiger partial charge is 0.394 e. The topological polar surface area (TPSA) is 125 Å². The van der Waals surface area contributed by atoms with Gasteiger partial charge in [0.25, 0.3) is 0 Å². The van der Waals surface area contributed by atoms with E-state index in [0.29, 0.717) is 0 Å². The van der Waals surface area contributed by atoms with Gasteiger partial charge in [0.05, 0.1) is 6.61 Å². The third-order valence-electron chi connectivity index (χ3n) is 1.26. The van der Waals surface area contributed by atoms with Crippen molar-refractivity contribution in [1.82, 2.24) is 5.59 Å². The second kappa shape index (κ2) is 6.00. The quantitative estimate of drug-likeness (QED) is 0.164. The van der Waals surface area contributed by atoms with Crippen LogP contribution in [0.4, 0.5) is 0 Å². The van der Waals surface area contributed by atoms with Crippen LogP contribution in [0.5, 0.6) is 0 Å². The van der Waals surface area contributed by atoms with Gasteiger partial charge in [0, 0.05) is 0 Å². The molecule has 0 fully saturated rings. The molecule has 0 aromatic heterocycles. The highest BCUT2D eigenvalue weighted by Gasteiger charge is 2.26. The first-order chi connectivity index (χ1) is 5.67. The molecule has 6 N–H and O–H groups in total. The Kier molecular flexibility index (Phi) is 5.72. The number of aliphatic hydroxyl groups excluding tert-OH is 3. The Bertz CT molecular complexity index is 133. The summed E-state index contributed by atoms with van der Waals surface area (Å²) in [5.41, 5.74) is 1.69. The lowest BCUT2D eigenvalue weighted by Gasteiger charge is -2.20. The van der Waals surface area contributed by atoms with Crippen molar-refractivity contribution < 1.29 is 25.0 Å². The highest BCUT2D eigenvalue weighted by Crippen LogP contribution is 2.00. The van der Waals surface area contributed by atoms with Gasteiger partial charge in [0.15, 0.2) is 12.4 Å². The monoisotopic (exact) mass is 180 g/mol. The normalized spacial score (nSPS) is 18.3. The third-order valence-corrected chi connectivity index (χ3v) is 1.26. The number of rotatable bonds is 6. The van der Waals surface area contributed by atoms with E-state index in [0.717, 1.165) is 0 Å². The molecule has 3 atom stereocenters. The van der Waals surface area contributed by atoms with E-state index in [4.69, 9.17) is 21.2 Å². The van der Waals surface area contributed by atoms with Gasteiger partial charge in [0.1, 0.15) is 12.2 Å². The number of aldehydes is 1. The second-order valence-corrected chi connectivity index (χ2v) is 2.08. The van der Waals surface area contributed by atoms with Crippen molar-refractivity contribution >= 4 is 6.29 Å². The zero-order chi connectivity index (χ0) is 9.56. The van der Waals surface area contributed by atoms with E-state index < -0.39 is 24.9 Å². The smallest absolute Gasteiger partial charge is 0.164 e. The summed E-state index contributed by atoms with van der Waals surface area (Å²) in [5.74, 6) is 4.70. The molecule has 72 valence electrons. The predicted molar refractivity (Wildman–Crippen MR) is 37.4 cm³/mol. The number of hydrazine groups is 1. The Morgan fingerprint density at radius 3 is 2.50 bits per heavy atom. The molecule has 7 heteroatoms. The second-order valence-electron chi connectivity index (χ2n) is 2.08. The number of hydrogen-bond acceptors (Lipinski definition) is 7. The summed E-state index contributed by atoms with van der Waals surface area (Å²) < 4.78 is 0. The van der Waals surface area contributed by atoms with Crippen LogP contribution in [0.2, 0.25) is 0 Å². The molecule has 0 aliphatic rings. The molecular formula is C5H12N2O5. The Balaban J connectivity index is 4.00. The third kappa shape index (κ3) is 3.22. The predicted octanol–water partition coefficient (Wildman–Crippen LogP) is -3.34. The van der Waals surface area contributed by atoms with Gasteiger partial charge in [-0.3, -0.25) is 4.84 Å². The van der Waals surface area contributed by atoms with Crippen molar-refractivity contribution in [1.29, 1.82) is 0 Å².